The lowest BCUT2D eigenvalue weighted by Gasteiger charge is -2.23. The van der Waals surface area contributed by atoms with Crippen molar-refractivity contribution in [3.8, 4) is 0 Å². The molecule has 4 nitrogen and oxygen atoms in total. The Bertz CT molecular complexity index is 671. The smallest absolute Gasteiger partial charge is 0.269 e. The number of aryl methyl sites for hydroxylation is 1. The molecule has 0 aliphatic heterocycles. The van der Waals surface area contributed by atoms with Gasteiger partial charge >= 0.3 is 0 Å². The zero-order chi connectivity index (χ0) is 14.8. The number of nitro benzene ring substituents is 1. The van der Waals surface area contributed by atoms with E-state index in [0.717, 1.165) is 12.0 Å². The first kappa shape index (κ1) is 14.9. The zero-order valence-electron chi connectivity index (χ0n) is 11.3. The minimum Gasteiger partial charge on any atom is -0.306 e. The maximum Gasteiger partial charge on any atom is 0.269 e. The Morgan fingerprint density at radius 3 is 3.10 bits per heavy atom. The lowest BCUT2D eigenvalue weighted by molar-refractivity contribution is -0.384. The molecule has 21 heavy (non-hydrogen) atoms. The van der Waals surface area contributed by atoms with E-state index in [0.29, 0.717) is 12.6 Å². The monoisotopic (exact) mass is 414 g/mol. The molecule has 1 aromatic heterocycles. The molecule has 3 rings (SSSR count). The first-order chi connectivity index (χ1) is 10.1. The van der Waals surface area contributed by atoms with Gasteiger partial charge in [0.05, 0.1) is 7.81 Å². The number of rotatable bonds is 4. The van der Waals surface area contributed by atoms with E-state index in [1.165, 1.54) is 32.2 Å². The molecule has 0 saturated heterocycles. The summed E-state index contributed by atoms with van der Waals surface area (Å²) in [6, 6.07) is 9.49. The van der Waals surface area contributed by atoms with Gasteiger partial charge in [-0.25, -0.2) is 0 Å². The van der Waals surface area contributed by atoms with Crippen LogP contribution in [0.1, 0.15) is 34.9 Å². The second kappa shape index (κ2) is 6.41. The Kier molecular flexibility index (Phi) is 4.56. The average Bonchev–Trinajstić information content (AvgIpc) is 2.86. The van der Waals surface area contributed by atoms with Crippen molar-refractivity contribution >= 4 is 39.6 Å². The summed E-state index contributed by atoms with van der Waals surface area (Å²) < 4.78 is 1.33. The normalized spacial score (nSPS) is 17.5. The van der Waals surface area contributed by atoms with Gasteiger partial charge in [-0.05, 0) is 59.0 Å². The van der Waals surface area contributed by atoms with Crippen molar-refractivity contribution in [3.05, 3.63) is 59.3 Å². The van der Waals surface area contributed by atoms with E-state index in [1.54, 1.807) is 12.1 Å². The van der Waals surface area contributed by atoms with Gasteiger partial charge in [-0.2, -0.15) is 0 Å². The van der Waals surface area contributed by atoms with E-state index in [-0.39, 0.29) is 10.6 Å². The largest absolute Gasteiger partial charge is 0.306 e. The number of halogens is 1. The Hall–Kier alpha value is -0.990. The lowest BCUT2D eigenvalue weighted by Crippen LogP contribution is -2.23. The molecule has 110 valence electrons. The van der Waals surface area contributed by atoms with Crippen LogP contribution in [0.25, 0.3) is 0 Å². The molecule has 1 N–H and O–H groups in total. The summed E-state index contributed by atoms with van der Waals surface area (Å²) in [5.74, 6) is 0. The third-order valence-corrected chi connectivity index (χ3v) is 5.73. The third-order valence-electron chi connectivity index (χ3n) is 3.76. The highest BCUT2D eigenvalue weighted by Crippen LogP contribution is 2.36. The molecular weight excluding hydrogens is 399 g/mol. The van der Waals surface area contributed by atoms with Gasteiger partial charge in [0.1, 0.15) is 0 Å². The van der Waals surface area contributed by atoms with Gasteiger partial charge in [0.2, 0.25) is 0 Å². The molecule has 2 aromatic rings. The molecule has 0 bridgehead atoms. The van der Waals surface area contributed by atoms with Crippen LogP contribution in [-0.4, -0.2) is 4.92 Å². The fourth-order valence-electron chi connectivity index (χ4n) is 2.75. The minimum atomic E-state index is -0.344. The highest BCUT2D eigenvalue weighted by Gasteiger charge is 2.22. The fourth-order valence-corrected chi connectivity index (χ4v) is 4.87. The number of benzene rings is 1. The van der Waals surface area contributed by atoms with Gasteiger partial charge in [0.15, 0.2) is 0 Å². The highest BCUT2D eigenvalue weighted by molar-refractivity contribution is 14.1. The summed E-state index contributed by atoms with van der Waals surface area (Å²) >= 11 is 4.26. The second-order valence-electron chi connectivity index (χ2n) is 5.18. The van der Waals surface area contributed by atoms with Crippen LogP contribution in [0.5, 0.6) is 0 Å². The zero-order valence-corrected chi connectivity index (χ0v) is 14.3. The van der Waals surface area contributed by atoms with E-state index in [4.69, 9.17) is 0 Å². The Labute approximate surface area is 140 Å². The number of hydrogen-bond acceptors (Lipinski definition) is 4. The molecule has 6 heteroatoms. The van der Waals surface area contributed by atoms with E-state index >= 15 is 0 Å². The third kappa shape index (κ3) is 3.44. The standard InChI is InChI=1S/C15H15IN2O2S/c16-15-8-12-13(5-2-6-14(12)21-15)17-9-10-3-1-4-11(7-10)18(19)20/h1,3-4,7-8,13,17H,2,5-6,9H2. The first-order valence-corrected chi connectivity index (χ1v) is 8.78. The second-order valence-corrected chi connectivity index (χ2v) is 8.21. The molecular formula is C15H15IN2O2S. The van der Waals surface area contributed by atoms with E-state index in [1.807, 2.05) is 17.4 Å². The summed E-state index contributed by atoms with van der Waals surface area (Å²) in [5, 5.41) is 14.4. The Balaban J connectivity index is 1.71. The number of thiophene rings is 1. The molecule has 1 aliphatic rings. The Morgan fingerprint density at radius 1 is 1.43 bits per heavy atom. The van der Waals surface area contributed by atoms with Gasteiger partial charge in [0.25, 0.3) is 5.69 Å². The maximum absolute atomic E-state index is 10.8. The number of non-ortho nitro benzene ring substituents is 1. The van der Waals surface area contributed by atoms with Gasteiger partial charge in [-0.1, -0.05) is 12.1 Å². The lowest BCUT2D eigenvalue weighted by atomic mass is 9.94. The quantitative estimate of drug-likeness (QED) is 0.458. The molecule has 1 unspecified atom stereocenters. The van der Waals surface area contributed by atoms with Gasteiger partial charge < -0.3 is 5.32 Å². The molecule has 1 atom stereocenters. The number of nitro groups is 1. The molecule has 0 saturated carbocycles. The Morgan fingerprint density at radius 2 is 2.29 bits per heavy atom. The first-order valence-electron chi connectivity index (χ1n) is 6.88. The molecule has 0 spiro atoms. The van der Waals surface area contributed by atoms with Crippen molar-refractivity contribution in [1.82, 2.24) is 5.32 Å². The summed E-state index contributed by atoms with van der Waals surface area (Å²) in [7, 11) is 0. The minimum absolute atomic E-state index is 0.156. The number of nitrogens with one attached hydrogen (secondary N) is 1. The molecule has 0 amide bonds. The average molecular weight is 414 g/mol. The van der Waals surface area contributed by atoms with Crippen molar-refractivity contribution < 1.29 is 4.92 Å². The van der Waals surface area contributed by atoms with Crippen LogP contribution in [0.2, 0.25) is 0 Å². The van der Waals surface area contributed by atoms with Crippen molar-refractivity contribution in [2.45, 2.75) is 31.8 Å². The summed E-state index contributed by atoms with van der Waals surface area (Å²) in [4.78, 5) is 12.0. The molecule has 1 aromatic carbocycles. The van der Waals surface area contributed by atoms with Crippen molar-refractivity contribution in [2.24, 2.45) is 0 Å². The molecule has 0 fully saturated rings. The topological polar surface area (TPSA) is 55.2 Å². The van der Waals surface area contributed by atoms with E-state index < -0.39 is 0 Å². The number of nitrogens with zero attached hydrogens (tertiary/aromatic N) is 1. The SMILES string of the molecule is O=[N+]([O-])c1cccc(CNC2CCCc3sc(I)cc32)c1. The summed E-state index contributed by atoms with van der Waals surface area (Å²) in [5.41, 5.74) is 2.53. The maximum atomic E-state index is 10.8. The van der Waals surface area contributed by atoms with Crippen LogP contribution in [0.4, 0.5) is 5.69 Å². The fraction of sp³-hybridized carbons (Fsp3) is 0.333. The van der Waals surface area contributed by atoms with E-state index in [9.17, 15) is 10.1 Å². The van der Waals surface area contributed by atoms with Crippen LogP contribution in [0, 0.1) is 13.0 Å². The number of fused-ring (bicyclic) bond motifs is 1. The molecule has 1 heterocycles. The van der Waals surface area contributed by atoms with Crippen LogP contribution < -0.4 is 5.32 Å². The van der Waals surface area contributed by atoms with Crippen molar-refractivity contribution in [2.75, 3.05) is 0 Å². The summed E-state index contributed by atoms with van der Waals surface area (Å²) in [6.07, 6.45) is 3.52. The highest BCUT2D eigenvalue weighted by atomic mass is 127. The molecule has 0 radical (unpaired) electrons. The van der Waals surface area contributed by atoms with Gasteiger partial charge in [-0.3, -0.25) is 10.1 Å². The van der Waals surface area contributed by atoms with Crippen LogP contribution in [-0.2, 0) is 13.0 Å². The van der Waals surface area contributed by atoms with Gasteiger partial charge in [0, 0.05) is 29.6 Å². The van der Waals surface area contributed by atoms with Crippen molar-refractivity contribution in [3.63, 3.8) is 0 Å². The van der Waals surface area contributed by atoms with Crippen LogP contribution >= 0.6 is 33.9 Å². The predicted octanol–water partition coefficient (Wildman–Crippen LogP) is 4.43. The van der Waals surface area contributed by atoms with Crippen molar-refractivity contribution in [1.29, 1.82) is 0 Å². The summed E-state index contributed by atoms with van der Waals surface area (Å²) in [6.45, 7) is 0.665. The van der Waals surface area contributed by atoms with Crippen LogP contribution in [0.15, 0.2) is 30.3 Å². The van der Waals surface area contributed by atoms with E-state index in [2.05, 4.69) is 34.0 Å². The number of hydrogen-bond donors (Lipinski definition) is 1. The molecule has 1 aliphatic carbocycles. The predicted molar refractivity (Wildman–Crippen MR) is 92.7 cm³/mol. The van der Waals surface area contributed by atoms with Crippen LogP contribution in [0.3, 0.4) is 0 Å². The van der Waals surface area contributed by atoms with Gasteiger partial charge in [-0.15, -0.1) is 11.3 Å².